The van der Waals surface area contributed by atoms with Crippen molar-refractivity contribution in [1.29, 1.82) is 0 Å². The Kier molecular flexibility index (Phi) is 6.56. The number of imide groups is 1. The molecule has 1 saturated heterocycles. The zero-order chi connectivity index (χ0) is 21.8. The molecule has 2 aromatic carbocycles. The van der Waals surface area contributed by atoms with Gasteiger partial charge in [0, 0.05) is 17.3 Å². The van der Waals surface area contributed by atoms with Gasteiger partial charge in [-0.05, 0) is 73.4 Å². The molecule has 1 aliphatic carbocycles. The summed E-state index contributed by atoms with van der Waals surface area (Å²) in [5.41, 5.74) is 2.07. The molecular weight excluding hydrogens is 408 g/mol. The van der Waals surface area contributed by atoms with Crippen LogP contribution >= 0.6 is 11.8 Å². The van der Waals surface area contributed by atoms with Gasteiger partial charge in [0.05, 0.1) is 4.91 Å². The van der Waals surface area contributed by atoms with Gasteiger partial charge in [-0.2, -0.15) is 0 Å². The fourth-order valence-electron chi connectivity index (χ4n) is 4.27. The van der Waals surface area contributed by atoms with E-state index in [9.17, 15) is 14.4 Å². The Bertz CT molecular complexity index is 995. The smallest absolute Gasteiger partial charge is 0.293 e. The Morgan fingerprint density at radius 1 is 1.03 bits per heavy atom. The molecule has 1 unspecified atom stereocenters. The van der Waals surface area contributed by atoms with Gasteiger partial charge in [0.1, 0.15) is 0 Å². The van der Waals surface area contributed by atoms with Gasteiger partial charge < -0.3 is 5.32 Å². The molecule has 1 N–H and O–H groups in total. The Balaban J connectivity index is 1.43. The van der Waals surface area contributed by atoms with Crippen LogP contribution in [0.3, 0.4) is 0 Å². The highest BCUT2D eigenvalue weighted by atomic mass is 32.2. The summed E-state index contributed by atoms with van der Waals surface area (Å²) in [5.74, 6) is 0.0230. The second kappa shape index (κ2) is 9.52. The van der Waals surface area contributed by atoms with E-state index in [0.29, 0.717) is 22.1 Å². The molecule has 160 valence electrons. The Morgan fingerprint density at radius 3 is 2.39 bits per heavy atom. The summed E-state index contributed by atoms with van der Waals surface area (Å²) >= 11 is 1.01. The average Bonchev–Trinajstić information content (AvgIpc) is 3.08. The number of benzene rings is 2. The van der Waals surface area contributed by atoms with Crippen molar-refractivity contribution in [1.82, 2.24) is 4.90 Å². The number of anilines is 1. The number of thioether (sulfide) groups is 1. The van der Waals surface area contributed by atoms with Crippen molar-refractivity contribution < 1.29 is 14.4 Å². The van der Waals surface area contributed by atoms with E-state index in [0.717, 1.165) is 30.2 Å². The highest BCUT2D eigenvalue weighted by Crippen LogP contribution is 2.38. The number of carbonyl (C=O) groups excluding carboxylic acids is 3. The van der Waals surface area contributed by atoms with Crippen LogP contribution in [0.2, 0.25) is 0 Å². The van der Waals surface area contributed by atoms with Gasteiger partial charge >= 0.3 is 0 Å². The van der Waals surface area contributed by atoms with Crippen molar-refractivity contribution in [3.8, 4) is 0 Å². The van der Waals surface area contributed by atoms with E-state index in [1.807, 2.05) is 37.3 Å². The maximum absolute atomic E-state index is 12.9. The Labute approximate surface area is 186 Å². The summed E-state index contributed by atoms with van der Waals surface area (Å²) in [5, 5.41) is 2.68. The van der Waals surface area contributed by atoms with Crippen LogP contribution in [0.5, 0.6) is 0 Å². The van der Waals surface area contributed by atoms with Crippen LogP contribution < -0.4 is 5.32 Å². The van der Waals surface area contributed by atoms with E-state index in [1.54, 1.807) is 30.3 Å². The number of nitrogens with zero attached hydrogens (tertiary/aromatic N) is 1. The predicted molar refractivity (Wildman–Crippen MR) is 125 cm³/mol. The molecule has 1 atom stereocenters. The molecule has 1 aliphatic heterocycles. The molecule has 1 heterocycles. The summed E-state index contributed by atoms with van der Waals surface area (Å²) in [7, 11) is 0. The largest absolute Gasteiger partial charge is 0.322 e. The van der Waals surface area contributed by atoms with E-state index in [2.05, 4.69) is 5.32 Å². The second-order valence-electron chi connectivity index (χ2n) is 8.13. The lowest BCUT2D eigenvalue weighted by Gasteiger charge is -2.32. The van der Waals surface area contributed by atoms with Crippen LogP contribution in [-0.2, 0) is 4.79 Å². The van der Waals surface area contributed by atoms with E-state index < -0.39 is 0 Å². The summed E-state index contributed by atoms with van der Waals surface area (Å²) < 4.78 is 0. The maximum atomic E-state index is 12.9. The fraction of sp³-hybridized carbons (Fsp3) is 0.320. The first-order valence-electron chi connectivity index (χ1n) is 10.8. The minimum Gasteiger partial charge on any atom is -0.322 e. The van der Waals surface area contributed by atoms with E-state index >= 15 is 0 Å². The van der Waals surface area contributed by atoms with Crippen LogP contribution in [0.1, 0.15) is 54.9 Å². The SMILES string of the molecule is CC(C1CCCCC1)N1C(=O)S/C(=C\c2ccc(NC(=O)c3ccccc3)cc2)C1=O. The van der Waals surface area contributed by atoms with Crippen molar-refractivity contribution >= 4 is 40.6 Å². The Hall–Kier alpha value is -2.86. The third-order valence-corrected chi connectivity index (χ3v) is 6.95. The zero-order valence-electron chi connectivity index (χ0n) is 17.5. The van der Waals surface area contributed by atoms with Crippen LogP contribution in [0, 0.1) is 5.92 Å². The highest BCUT2D eigenvalue weighted by Gasteiger charge is 2.40. The number of carbonyl (C=O) groups is 3. The standard InChI is InChI=1S/C25H26N2O3S/c1-17(19-8-4-2-5-9-19)27-24(29)22(31-25(27)30)16-18-12-14-21(15-13-18)26-23(28)20-10-6-3-7-11-20/h3,6-7,10-17,19H,2,4-5,8-9H2,1H3,(H,26,28)/b22-16-. The topological polar surface area (TPSA) is 66.5 Å². The van der Waals surface area contributed by atoms with Gasteiger partial charge in [0.15, 0.2) is 0 Å². The monoisotopic (exact) mass is 434 g/mol. The number of amides is 3. The molecule has 2 aliphatic rings. The van der Waals surface area contributed by atoms with Crippen LogP contribution in [0.4, 0.5) is 10.5 Å². The molecule has 31 heavy (non-hydrogen) atoms. The highest BCUT2D eigenvalue weighted by molar-refractivity contribution is 8.18. The number of hydrogen-bond donors (Lipinski definition) is 1. The van der Waals surface area contributed by atoms with Gasteiger partial charge in [-0.15, -0.1) is 0 Å². The van der Waals surface area contributed by atoms with E-state index in [4.69, 9.17) is 0 Å². The minimum absolute atomic E-state index is 0.0609. The third-order valence-electron chi connectivity index (χ3n) is 6.07. The van der Waals surface area contributed by atoms with Crippen molar-refractivity contribution in [3.63, 3.8) is 0 Å². The summed E-state index contributed by atoms with van der Waals surface area (Å²) in [6.45, 7) is 2.00. The van der Waals surface area contributed by atoms with Gasteiger partial charge in [-0.25, -0.2) is 0 Å². The summed E-state index contributed by atoms with van der Waals surface area (Å²) in [6, 6.07) is 16.2. The van der Waals surface area contributed by atoms with Gasteiger partial charge in [-0.3, -0.25) is 19.3 Å². The first kappa shape index (κ1) is 21.4. The first-order valence-corrected chi connectivity index (χ1v) is 11.6. The van der Waals surface area contributed by atoms with E-state index in [1.165, 1.54) is 24.2 Å². The lowest BCUT2D eigenvalue weighted by molar-refractivity contribution is -0.125. The molecule has 3 amide bonds. The second-order valence-corrected chi connectivity index (χ2v) is 9.13. The molecule has 6 heteroatoms. The molecule has 0 radical (unpaired) electrons. The molecule has 2 fully saturated rings. The fourth-order valence-corrected chi connectivity index (χ4v) is 5.18. The van der Waals surface area contributed by atoms with Crippen molar-refractivity contribution in [3.05, 3.63) is 70.6 Å². The van der Waals surface area contributed by atoms with Gasteiger partial charge in [0.2, 0.25) is 0 Å². The van der Waals surface area contributed by atoms with Crippen LogP contribution in [0.15, 0.2) is 59.5 Å². The lowest BCUT2D eigenvalue weighted by Crippen LogP contribution is -2.42. The molecule has 5 nitrogen and oxygen atoms in total. The molecular formula is C25H26N2O3S. The maximum Gasteiger partial charge on any atom is 0.293 e. The molecule has 0 aromatic heterocycles. The molecule has 1 saturated carbocycles. The quantitative estimate of drug-likeness (QED) is 0.591. The minimum atomic E-state index is -0.200. The zero-order valence-corrected chi connectivity index (χ0v) is 18.4. The Morgan fingerprint density at radius 2 is 1.71 bits per heavy atom. The average molecular weight is 435 g/mol. The van der Waals surface area contributed by atoms with Crippen molar-refractivity contribution in [2.75, 3.05) is 5.32 Å². The van der Waals surface area contributed by atoms with Gasteiger partial charge in [-0.1, -0.05) is 49.6 Å². The van der Waals surface area contributed by atoms with Crippen LogP contribution in [0.25, 0.3) is 6.08 Å². The lowest BCUT2D eigenvalue weighted by atomic mass is 9.84. The summed E-state index contributed by atoms with van der Waals surface area (Å²) in [4.78, 5) is 39.7. The molecule has 2 aromatic rings. The van der Waals surface area contributed by atoms with E-state index in [-0.39, 0.29) is 23.1 Å². The molecule has 0 bridgehead atoms. The molecule has 0 spiro atoms. The first-order chi connectivity index (χ1) is 15.0. The van der Waals surface area contributed by atoms with Crippen LogP contribution in [-0.4, -0.2) is 28.0 Å². The number of hydrogen-bond acceptors (Lipinski definition) is 4. The number of rotatable bonds is 5. The normalized spacial score (nSPS) is 19.6. The van der Waals surface area contributed by atoms with Crippen molar-refractivity contribution in [2.24, 2.45) is 5.92 Å². The molecule has 4 rings (SSSR count). The number of nitrogens with one attached hydrogen (secondary N) is 1. The van der Waals surface area contributed by atoms with Crippen molar-refractivity contribution in [2.45, 2.75) is 45.1 Å². The predicted octanol–water partition coefficient (Wildman–Crippen LogP) is 5.94. The summed E-state index contributed by atoms with van der Waals surface area (Å²) in [6.07, 6.45) is 7.51. The third kappa shape index (κ3) is 4.90. The van der Waals surface area contributed by atoms with Gasteiger partial charge in [0.25, 0.3) is 17.1 Å².